The van der Waals surface area contributed by atoms with Gasteiger partial charge in [-0.25, -0.2) is 13.1 Å². The number of rotatable bonds is 5. The number of hydrogen-bond acceptors (Lipinski definition) is 5. The molecule has 2 N–H and O–H groups in total. The van der Waals surface area contributed by atoms with Gasteiger partial charge in [-0.15, -0.1) is 11.8 Å². The molecule has 0 fully saturated rings. The van der Waals surface area contributed by atoms with Crippen molar-refractivity contribution in [3.8, 4) is 5.75 Å². The first-order valence-electron chi connectivity index (χ1n) is 7.63. The number of anilines is 1. The Morgan fingerprint density at radius 2 is 2.04 bits per heavy atom. The van der Waals surface area contributed by atoms with Crippen molar-refractivity contribution in [1.82, 2.24) is 4.72 Å². The first-order valence-corrected chi connectivity index (χ1v) is 9.99. The van der Waals surface area contributed by atoms with Crippen molar-refractivity contribution in [3.63, 3.8) is 0 Å². The van der Waals surface area contributed by atoms with Crippen LogP contribution in [-0.4, -0.2) is 26.7 Å². The van der Waals surface area contributed by atoms with Crippen molar-refractivity contribution in [2.45, 2.75) is 28.5 Å². The van der Waals surface area contributed by atoms with Gasteiger partial charge in [0, 0.05) is 11.4 Å². The predicted molar refractivity (Wildman–Crippen MR) is 97.4 cm³/mol. The van der Waals surface area contributed by atoms with Crippen LogP contribution in [0.4, 0.5) is 5.69 Å². The van der Waals surface area contributed by atoms with Gasteiger partial charge in [0.05, 0.1) is 22.9 Å². The summed E-state index contributed by atoms with van der Waals surface area (Å²) in [5, 5.41) is 2.55. The number of fused-ring (bicyclic) bond motifs is 1. The summed E-state index contributed by atoms with van der Waals surface area (Å²) in [5.41, 5.74) is 1.32. The van der Waals surface area contributed by atoms with E-state index in [4.69, 9.17) is 4.74 Å². The SMILES string of the molecule is COc1cccc(CNS(=O)(=O)c2ccc3c(c2)NC(=O)C(C)S3)c1. The Morgan fingerprint density at radius 3 is 2.80 bits per heavy atom. The molecule has 2 aromatic rings. The molecule has 132 valence electrons. The molecule has 0 spiro atoms. The zero-order valence-corrected chi connectivity index (χ0v) is 15.4. The van der Waals surface area contributed by atoms with Crippen molar-refractivity contribution in [1.29, 1.82) is 0 Å². The van der Waals surface area contributed by atoms with Crippen LogP contribution in [0.15, 0.2) is 52.3 Å². The molecule has 1 aliphatic heterocycles. The van der Waals surface area contributed by atoms with Crippen molar-refractivity contribution in [2.75, 3.05) is 12.4 Å². The first-order chi connectivity index (χ1) is 11.9. The Hall–Kier alpha value is -2.03. The molecule has 2 aromatic carbocycles. The molecule has 1 unspecified atom stereocenters. The molecule has 0 bridgehead atoms. The fraction of sp³-hybridized carbons (Fsp3) is 0.235. The van der Waals surface area contributed by atoms with Crippen molar-refractivity contribution < 1.29 is 17.9 Å². The molecule has 3 rings (SSSR count). The Balaban J connectivity index is 1.78. The number of ether oxygens (including phenoxy) is 1. The van der Waals surface area contributed by atoms with Crippen LogP contribution in [0.5, 0.6) is 5.75 Å². The normalized spacial score (nSPS) is 16.9. The molecule has 1 amide bonds. The summed E-state index contributed by atoms with van der Waals surface area (Å²) in [4.78, 5) is 12.8. The summed E-state index contributed by atoms with van der Waals surface area (Å²) in [6.45, 7) is 1.96. The van der Waals surface area contributed by atoms with E-state index in [1.165, 1.54) is 17.8 Å². The second-order valence-electron chi connectivity index (χ2n) is 5.58. The summed E-state index contributed by atoms with van der Waals surface area (Å²) in [6.07, 6.45) is 0. The molecule has 8 heteroatoms. The fourth-order valence-electron chi connectivity index (χ4n) is 2.40. The predicted octanol–water partition coefficient (Wildman–Crippen LogP) is 2.61. The molecular weight excluding hydrogens is 360 g/mol. The van der Waals surface area contributed by atoms with E-state index in [2.05, 4.69) is 10.0 Å². The average Bonchev–Trinajstić information content (AvgIpc) is 2.61. The standard InChI is InChI=1S/C17H18N2O4S2/c1-11-17(20)19-15-9-14(6-7-16(15)24-11)25(21,22)18-10-12-4-3-5-13(8-12)23-2/h3-9,11,18H,10H2,1-2H3,(H,19,20). The Kier molecular flexibility index (Phi) is 5.03. The van der Waals surface area contributed by atoms with Crippen molar-refractivity contribution >= 4 is 33.4 Å². The van der Waals surface area contributed by atoms with E-state index in [9.17, 15) is 13.2 Å². The number of carbonyl (C=O) groups excluding carboxylic acids is 1. The van der Waals surface area contributed by atoms with Gasteiger partial charge in [0.15, 0.2) is 0 Å². The summed E-state index contributed by atoms with van der Waals surface area (Å²) in [5.74, 6) is 0.538. The second kappa shape index (κ2) is 7.07. The highest BCUT2D eigenvalue weighted by atomic mass is 32.2. The zero-order chi connectivity index (χ0) is 18.0. The van der Waals surface area contributed by atoms with Crippen LogP contribution < -0.4 is 14.8 Å². The maximum atomic E-state index is 12.5. The van der Waals surface area contributed by atoms with E-state index in [0.717, 1.165) is 10.5 Å². The molecule has 1 heterocycles. The summed E-state index contributed by atoms with van der Waals surface area (Å²) >= 11 is 1.41. The van der Waals surface area contributed by atoms with Gasteiger partial charge in [-0.3, -0.25) is 4.79 Å². The monoisotopic (exact) mass is 378 g/mol. The number of benzene rings is 2. The molecule has 0 saturated carbocycles. The summed E-state index contributed by atoms with van der Waals surface area (Å²) in [6, 6.07) is 11.9. The minimum absolute atomic E-state index is 0.115. The van der Waals surface area contributed by atoms with Gasteiger partial charge in [-0.2, -0.15) is 0 Å². The fourth-order valence-corrected chi connectivity index (χ4v) is 4.37. The molecule has 6 nitrogen and oxygen atoms in total. The lowest BCUT2D eigenvalue weighted by Gasteiger charge is -2.21. The van der Waals surface area contributed by atoms with E-state index in [-0.39, 0.29) is 22.6 Å². The molecule has 25 heavy (non-hydrogen) atoms. The van der Waals surface area contributed by atoms with E-state index in [1.54, 1.807) is 37.4 Å². The van der Waals surface area contributed by atoms with Gasteiger partial charge < -0.3 is 10.1 Å². The van der Waals surface area contributed by atoms with Gasteiger partial charge in [0.1, 0.15) is 5.75 Å². The number of amides is 1. The topological polar surface area (TPSA) is 84.5 Å². The van der Waals surface area contributed by atoms with Crippen molar-refractivity contribution in [3.05, 3.63) is 48.0 Å². The number of sulfonamides is 1. The lowest BCUT2D eigenvalue weighted by Crippen LogP contribution is -2.27. The third-order valence-corrected chi connectivity index (χ3v) is 6.37. The van der Waals surface area contributed by atoms with Crippen LogP contribution in [0.25, 0.3) is 0 Å². The summed E-state index contributed by atoms with van der Waals surface area (Å²) < 4.78 is 32.8. The quantitative estimate of drug-likeness (QED) is 0.835. The number of hydrogen-bond donors (Lipinski definition) is 2. The van der Waals surface area contributed by atoms with Crippen LogP contribution in [0.1, 0.15) is 12.5 Å². The molecular formula is C17H18N2O4S2. The molecule has 1 atom stereocenters. The average molecular weight is 378 g/mol. The molecule has 0 saturated heterocycles. The summed E-state index contributed by atoms with van der Waals surface area (Å²) in [7, 11) is -2.13. The highest BCUT2D eigenvalue weighted by Crippen LogP contribution is 2.36. The maximum Gasteiger partial charge on any atom is 0.240 e. The van der Waals surface area contributed by atoms with Crippen LogP contribution in [0.2, 0.25) is 0 Å². The maximum absolute atomic E-state index is 12.5. The number of nitrogens with one attached hydrogen (secondary N) is 2. The second-order valence-corrected chi connectivity index (χ2v) is 8.73. The number of thioether (sulfide) groups is 1. The molecule has 0 radical (unpaired) electrons. The highest BCUT2D eigenvalue weighted by Gasteiger charge is 2.25. The van der Waals surface area contributed by atoms with Crippen LogP contribution >= 0.6 is 11.8 Å². The Morgan fingerprint density at radius 1 is 1.24 bits per heavy atom. The smallest absolute Gasteiger partial charge is 0.240 e. The van der Waals surface area contributed by atoms with Gasteiger partial charge in [0.2, 0.25) is 15.9 Å². The van der Waals surface area contributed by atoms with Crippen LogP contribution in [0.3, 0.4) is 0 Å². The van der Waals surface area contributed by atoms with Gasteiger partial charge in [-0.1, -0.05) is 12.1 Å². The number of carbonyl (C=O) groups is 1. The minimum Gasteiger partial charge on any atom is -0.497 e. The van der Waals surface area contributed by atoms with Gasteiger partial charge in [-0.05, 0) is 42.8 Å². The molecule has 0 aromatic heterocycles. The largest absolute Gasteiger partial charge is 0.497 e. The lowest BCUT2D eigenvalue weighted by atomic mass is 10.2. The van der Waals surface area contributed by atoms with Crippen LogP contribution in [-0.2, 0) is 21.4 Å². The Bertz CT molecular complexity index is 913. The lowest BCUT2D eigenvalue weighted by molar-refractivity contribution is -0.115. The van der Waals surface area contributed by atoms with E-state index < -0.39 is 10.0 Å². The van der Waals surface area contributed by atoms with Crippen molar-refractivity contribution in [2.24, 2.45) is 0 Å². The van der Waals surface area contributed by atoms with Gasteiger partial charge in [0.25, 0.3) is 0 Å². The van der Waals surface area contributed by atoms with E-state index in [1.807, 2.05) is 13.0 Å². The Labute approximate surface area is 151 Å². The van der Waals surface area contributed by atoms with E-state index >= 15 is 0 Å². The molecule has 0 aliphatic carbocycles. The third-order valence-electron chi connectivity index (χ3n) is 3.79. The van der Waals surface area contributed by atoms with Gasteiger partial charge >= 0.3 is 0 Å². The first kappa shape index (κ1) is 17.8. The van der Waals surface area contributed by atoms with E-state index in [0.29, 0.717) is 11.4 Å². The highest BCUT2D eigenvalue weighted by molar-refractivity contribution is 8.01. The number of methoxy groups -OCH3 is 1. The van der Waals surface area contributed by atoms with Crippen LogP contribution in [0, 0.1) is 0 Å². The third kappa shape index (κ3) is 3.97. The zero-order valence-electron chi connectivity index (χ0n) is 13.8. The molecule has 1 aliphatic rings. The minimum atomic E-state index is -3.69.